The van der Waals surface area contributed by atoms with E-state index >= 15 is 0 Å². The van der Waals surface area contributed by atoms with Gasteiger partial charge in [-0.25, -0.2) is 0 Å². The first-order valence-electron chi connectivity index (χ1n) is 7.21. The van der Waals surface area contributed by atoms with E-state index in [0.29, 0.717) is 46.9 Å². The third-order valence-corrected chi connectivity index (χ3v) is 5.20. The second-order valence-corrected chi connectivity index (χ2v) is 6.54. The predicted octanol–water partition coefficient (Wildman–Crippen LogP) is 4.34. The van der Waals surface area contributed by atoms with Gasteiger partial charge in [0.15, 0.2) is 11.6 Å². The predicted molar refractivity (Wildman–Crippen MR) is 82.8 cm³/mol. The number of benzene rings is 1. The number of rotatable bonds is 1. The Hall–Kier alpha value is -1.58. The number of halogens is 2. The van der Waals surface area contributed by atoms with Gasteiger partial charge >= 0.3 is 0 Å². The molecule has 0 aromatic heterocycles. The van der Waals surface area contributed by atoms with E-state index < -0.39 is 0 Å². The summed E-state index contributed by atoms with van der Waals surface area (Å²) >= 11 is 12.1. The maximum atomic E-state index is 12.3. The van der Waals surface area contributed by atoms with Gasteiger partial charge in [-0.3, -0.25) is 9.59 Å². The van der Waals surface area contributed by atoms with Gasteiger partial charge in [0.2, 0.25) is 0 Å². The fourth-order valence-electron chi connectivity index (χ4n) is 3.48. The second-order valence-electron chi connectivity index (χ2n) is 5.73. The average Bonchev–Trinajstić information content (AvgIpc) is 3.05. The lowest BCUT2D eigenvalue weighted by atomic mass is 9.81. The van der Waals surface area contributed by atoms with Crippen LogP contribution >= 0.6 is 23.2 Å². The van der Waals surface area contributed by atoms with E-state index in [1.54, 1.807) is 12.1 Å². The van der Waals surface area contributed by atoms with Gasteiger partial charge in [0.1, 0.15) is 11.5 Å². The molecule has 0 amide bonds. The highest BCUT2D eigenvalue weighted by Crippen LogP contribution is 2.49. The monoisotopic (exact) mass is 334 g/mol. The minimum atomic E-state index is -0.362. The minimum absolute atomic E-state index is 0.0531. The molecular weight excluding hydrogens is 323 g/mol. The van der Waals surface area contributed by atoms with Crippen LogP contribution in [0.3, 0.4) is 0 Å². The van der Waals surface area contributed by atoms with Crippen molar-refractivity contribution in [3.63, 3.8) is 0 Å². The molecule has 0 bridgehead atoms. The molecular formula is C17H12Cl2O3. The molecule has 112 valence electrons. The Kier molecular flexibility index (Phi) is 3.17. The first kappa shape index (κ1) is 14.0. The molecule has 0 atom stereocenters. The van der Waals surface area contributed by atoms with Gasteiger partial charge in [0.05, 0.1) is 10.0 Å². The number of allylic oxidation sites excluding steroid dienone is 4. The van der Waals surface area contributed by atoms with Crippen molar-refractivity contribution in [2.45, 2.75) is 31.6 Å². The van der Waals surface area contributed by atoms with E-state index in [2.05, 4.69) is 0 Å². The molecule has 1 heterocycles. The van der Waals surface area contributed by atoms with Crippen LogP contribution in [0.4, 0.5) is 0 Å². The van der Waals surface area contributed by atoms with E-state index in [1.165, 1.54) is 0 Å². The van der Waals surface area contributed by atoms with Gasteiger partial charge in [-0.1, -0.05) is 29.3 Å². The molecule has 1 aromatic rings. The molecule has 0 unspecified atom stereocenters. The van der Waals surface area contributed by atoms with Crippen LogP contribution in [0.2, 0.25) is 10.0 Å². The summed E-state index contributed by atoms with van der Waals surface area (Å²) in [6.07, 6.45) is 2.10. The molecule has 0 saturated carbocycles. The molecule has 0 saturated heterocycles. The average molecular weight is 335 g/mol. The number of carbonyl (C=O) groups is 2. The summed E-state index contributed by atoms with van der Waals surface area (Å²) in [5, 5.41) is 0.877. The number of hydrogen-bond donors (Lipinski definition) is 0. The summed E-state index contributed by atoms with van der Waals surface area (Å²) in [6.45, 7) is 0. The standard InChI is InChI=1S/C17H12Cl2O3/c18-9-2-1-8(7-10(9)19)15-16-11(20)3-5-13(16)22-14-6-4-12(21)17(14)15/h1-2,7,15H,3-6H2. The summed E-state index contributed by atoms with van der Waals surface area (Å²) in [5.41, 5.74) is 2.06. The van der Waals surface area contributed by atoms with Crippen molar-refractivity contribution < 1.29 is 14.3 Å². The van der Waals surface area contributed by atoms with Gasteiger partial charge in [0, 0.05) is 42.7 Å². The molecule has 3 aliphatic rings. The molecule has 0 radical (unpaired) electrons. The number of ketones is 2. The molecule has 1 aliphatic heterocycles. The fourth-order valence-corrected chi connectivity index (χ4v) is 3.78. The maximum Gasteiger partial charge on any atom is 0.163 e. The zero-order valence-corrected chi connectivity index (χ0v) is 13.1. The van der Waals surface area contributed by atoms with E-state index in [-0.39, 0.29) is 17.5 Å². The summed E-state index contributed by atoms with van der Waals surface area (Å²) in [7, 11) is 0. The number of Topliss-reactive ketones (excluding diaryl/α,β-unsaturated/α-hetero) is 2. The van der Waals surface area contributed by atoms with Crippen molar-refractivity contribution >= 4 is 34.8 Å². The molecule has 0 spiro atoms. The topological polar surface area (TPSA) is 43.4 Å². The van der Waals surface area contributed by atoms with Gasteiger partial charge in [-0.15, -0.1) is 0 Å². The maximum absolute atomic E-state index is 12.3. The first-order chi connectivity index (χ1) is 10.6. The van der Waals surface area contributed by atoms with Crippen molar-refractivity contribution in [3.05, 3.63) is 56.5 Å². The van der Waals surface area contributed by atoms with Crippen LogP contribution in [0.15, 0.2) is 40.9 Å². The van der Waals surface area contributed by atoms with Crippen molar-refractivity contribution in [1.29, 1.82) is 0 Å². The lowest BCUT2D eigenvalue weighted by Gasteiger charge is -2.26. The summed E-state index contributed by atoms with van der Waals surface area (Å²) in [6, 6.07) is 5.27. The quantitative estimate of drug-likeness (QED) is 0.767. The summed E-state index contributed by atoms with van der Waals surface area (Å²) < 4.78 is 5.84. The highest BCUT2D eigenvalue weighted by molar-refractivity contribution is 6.42. The lowest BCUT2D eigenvalue weighted by Crippen LogP contribution is -2.20. The Bertz CT molecular complexity index is 749. The number of hydrogen-bond acceptors (Lipinski definition) is 3. The van der Waals surface area contributed by atoms with Crippen LogP contribution in [0, 0.1) is 0 Å². The Labute approximate surface area is 137 Å². The second kappa shape index (κ2) is 4.97. The van der Waals surface area contributed by atoms with Crippen molar-refractivity contribution in [2.24, 2.45) is 0 Å². The van der Waals surface area contributed by atoms with Gasteiger partial charge in [-0.05, 0) is 17.7 Å². The molecule has 1 aromatic carbocycles. The lowest BCUT2D eigenvalue weighted by molar-refractivity contribution is -0.115. The van der Waals surface area contributed by atoms with Crippen molar-refractivity contribution in [3.8, 4) is 0 Å². The van der Waals surface area contributed by atoms with Crippen LogP contribution in [-0.4, -0.2) is 11.6 Å². The highest BCUT2D eigenvalue weighted by Gasteiger charge is 2.44. The van der Waals surface area contributed by atoms with Crippen LogP contribution in [-0.2, 0) is 14.3 Å². The Balaban J connectivity index is 1.91. The fraction of sp³-hybridized carbons (Fsp3) is 0.294. The van der Waals surface area contributed by atoms with Crippen LogP contribution in [0.25, 0.3) is 0 Å². The normalized spacial score (nSPS) is 21.4. The molecule has 0 N–H and O–H groups in total. The minimum Gasteiger partial charge on any atom is -0.465 e. The Morgan fingerprint density at radius 2 is 1.45 bits per heavy atom. The first-order valence-corrected chi connectivity index (χ1v) is 7.97. The Morgan fingerprint density at radius 1 is 0.864 bits per heavy atom. The number of ether oxygens (including phenoxy) is 1. The molecule has 5 heteroatoms. The number of carbonyl (C=O) groups excluding carboxylic acids is 2. The molecule has 3 nitrogen and oxygen atoms in total. The molecule has 4 rings (SSSR count). The SMILES string of the molecule is O=C1CCC2=C1C(c1ccc(Cl)c(Cl)c1)C1=C(CCC1=O)O2. The van der Waals surface area contributed by atoms with Crippen LogP contribution < -0.4 is 0 Å². The molecule has 0 fully saturated rings. The van der Waals surface area contributed by atoms with E-state index in [4.69, 9.17) is 27.9 Å². The van der Waals surface area contributed by atoms with E-state index in [1.807, 2.05) is 6.07 Å². The smallest absolute Gasteiger partial charge is 0.163 e. The van der Waals surface area contributed by atoms with Crippen molar-refractivity contribution in [1.82, 2.24) is 0 Å². The van der Waals surface area contributed by atoms with Gasteiger partial charge in [-0.2, -0.15) is 0 Å². The van der Waals surface area contributed by atoms with Gasteiger partial charge in [0.25, 0.3) is 0 Å². The van der Waals surface area contributed by atoms with Gasteiger partial charge < -0.3 is 4.74 Å². The third-order valence-electron chi connectivity index (χ3n) is 4.46. The Morgan fingerprint density at radius 3 is 2.00 bits per heavy atom. The molecule has 22 heavy (non-hydrogen) atoms. The van der Waals surface area contributed by atoms with Crippen LogP contribution in [0.1, 0.15) is 37.2 Å². The summed E-state index contributed by atoms with van der Waals surface area (Å²) in [4.78, 5) is 24.6. The zero-order chi connectivity index (χ0) is 15.4. The molecule has 2 aliphatic carbocycles. The van der Waals surface area contributed by atoms with E-state index in [9.17, 15) is 9.59 Å². The third kappa shape index (κ3) is 1.96. The van der Waals surface area contributed by atoms with Crippen LogP contribution in [0.5, 0.6) is 0 Å². The largest absolute Gasteiger partial charge is 0.465 e. The highest BCUT2D eigenvalue weighted by atomic mass is 35.5. The van der Waals surface area contributed by atoms with E-state index in [0.717, 1.165) is 17.1 Å². The zero-order valence-electron chi connectivity index (χ0n) is 11.6. The summed E-state index contributed by atoms with van der Waals surface area (Å²) in [5.74, 6) is 1.18. The van der Waals surface area contributed by atoms with Crippen molar-refractivity contribution in [2.75, 3.05) is 0 Å².